The zero-order valence-electron chi connectivity index (χ0n) is 16.7. The fourth-order valence-electron chi connectivity index (χ4n) is 5.32. The van der Waals surface area contributed by atoms with Crippen molar-refractivity contribution in [1.29, 1.82) is 0 Å². The van der Waals surface area contributed by atoms with Gasteiger partial charge in [0.05, 0.1) is 0 Å². The molecule has 1 amide bonds. The fraction of sp³-hybridized carbons (Fsp3) is 0.480. The second-order valence-corrected chi connectivity index (χ2v) is 10.1. The summed E-state index contributed by atoms with van der Waals surface area (Å²) in [6, 6.07) is 14.4. The summed E-state index contributed by atoms with van der Waals surface area (Å²) in [5, 5.41) is 1.48. The predicted molar refractivity (Wildman–Crippen MR) is 119 cm³/mol. The molecule has 1 unspecified atom stereocenters. The highest BCUT2D eigenvalue weighted by atomic mass is 35.5. The van der Waals surface area contributed by atoms with Crippen LogP contribution >= 0.6 is 23.2 Å². The molecule has 2 nitrogen and oxygen atoms in total. The molecular formula is C25H27Cl2NO. The van der Waals surface area contributed by atoms with Gasteiger partial charge in [-0.1, -0.05) is 47.5 Å². The molecule has 3 aliphatic rings. The molecule has 1 saturated heterocycles. The molecule has 0 bridgehead atoms. The Bertz CT molecular complexity index is 909. The van der Waals surface area contributed by atoms with Gasteiger partial charge in [-0.05, 0) is 91.7 Å². The molecule has 1 aliphatic heterocycles. The van der Waals surface area contributed by atoms with Crippen LogP contribution in [0, 0.1) is 11.3 Å². The Morgan fingerprint density at radius 1 is 0.897 bits per heavy atom. The molecule has 0 aromatic heterocycles. The SMILES string of the molecule is O=C1C(Cc2ccc(-c3ccc(Cl)cc3)cc2Cl)CCN1C1CCC2(CC1)CC2. The molecular weight excluding hydrogens is 401 g/mol. The Labute approximate surface area is 183 Å². The minimum absolute atomic E-state index is 0.0747. The average Bonchev–Trinajstić information content (AvgIpc) is 3.39. The van der Waals surface area contributed by atoms with Crippen molar-refractivity contribution in [1.82, 2.24) is 4.90 Å². The van der Waals surface area contributed by atoms with Gasteiger partial charge >= 0.3 is 0 Å². The van der Waals surface area contributed by atoms with Crippen LogP contribution in [0.2, 0.25) is 10.0 Å². The monoisotopic (exact) mass is 427 g/mol. The largest absolute Gasteiger partial charge is 0.339 e. The molecule has 1 spiro atoms. The third kappa shape index (κ3) is 3.94. The lowest BCUT2D eigenvalue weighted by Gasteiger charge is -2.35. The number of carbonyl (C=O) groups is 1. The van der Waals surface area contributed by atoms with Crippen molar-refractivity contribution < 1.29 is 4.79 Å². The smallest absolute Gasteiger partial charge is 0.226 e. The molecule has 0 N–H and O–H groups in total. The molecule has 5 rings (SSSR count). The molecule has 1 atom stereocenters. The van der Waals surface area contributed by atoms with E-state index in [4.69, 9.17) is 23.2 Å². The zero-order chi connectivity index (χ0) is 20.0. The van der Waals surface area contributed by atoms with Crippen molar-refractivity contribution in [2.45, 2.75) is 57.4 Å². The molecule has 0 radical (unpaired) electrons. The highest BCUT2D eigenvalue weighted by Gasteiger charge is 2.47. The first-order chi connectivity index (χ1) is 14.0. The highest BCUT2D eigenvalue weighted by Crippen LogP contribution is 2.56. The summed E-state index contributed by atoms with van der Waals surface area (Å²) >= 11 is 12.6. The van der Waals surface area contributed by atoms with E-state index in [1.54, 1.807) is 0 Å². The van der Waals surface area contributed by atoms with Crippen LogP contribution in [0.25, 0.3) is 11.1 Å². The van der Waals surface area contributed by atoms with Gasteiger partial charge in [-0.2, -0.15) is 0 Å². The van der Waals surface area contributed by atoms with Crippen LogP contribution in [0.3, 0.4) is 0 Å². The van der Waals surface area contributed by atoms with Crippen molar-refractivity contribution in [3.05, 3.63) is 58.1 Å². The standard InChI is InChI=1S/C25H27Cl2NO/c26-21-5-3-17(4-6-21)18-1-2-19(23(27)16-18)15-20-9-14-28(24(20)29)22-7-10-25(11-8-22)12-13-25/h1-6,16,20,22H,7-15H2. The fourth-order valence-corrected chi connectivity index (χ4v) is 5.70. The van der Waals surface area contributed by atoms with Crippen molar-refractivity contribution >= 4 is 29.1 Å². The Hall–Kier alpha value is -1.51. The van der Waals surface area contributed by atoms with Gasteiger partial charge in [0.25, 0.3) is 0 Å². The second kappa shape index (κ2) is 7.63. The molecule has 4 heteroatoms. The van der Waals surface area contributed by atoms with Crippen molar-refractivity contribution in [2.75, 3.05) is 6.54 Å². The number of benzene rings is 2. The van der Waals surface area contributed by atoms with Crippen molar-refractivity contribution in [3.63, 3.8) is 0 Å². The first-order valence-electron chi connectivity index (χ1n) is 10.9. The molecule has 2 aromatic carbocycles. The van der Waals surface area contributed by atoms with Crippen LogP contribution in [-0.2, 0) is 11.2 Å². The van der Waals surface area contributed by atoms with Gasteiger partial charge in [-0.15, -0.1) is 0 Å². The van der Waals surface area contributed by atoms with Crippen LogP contribution in [0.5, 0.6) is 0 Å². The number of hydrogen-bond donors (Lipinski definition) is 0. The molecule has 2 aliphatic carbocycles. The van der Waals surface area contributed by atoms with Crippen LogP contribution in [0.1, 0.15) is 50.5 Å². The predicted octanol–water partition coefficient (Wildman–Crippen LogP) is 6.77. The summed E-state index contributed by atoms with van der Waals surface area (Å²) in [6.45, 7) is 0.918. The number of hydrogen-bond acceptors (Lipinski definition) is 1. The maximum absolute atomic E-state index is 13.1. The average molecular weight is 428 g/mol. The van der Waals surface area contributed by atoms with E-state index in [0.29, 0.717) is 17.4 Å². The van der Waals surface area contributed by atoms with Gasteiger partial charge in [0.15, 0.2) is 0 Å². The van der Waals surface area contributed by atoms with Crippen LogP contribution in [-0.4, -0.2) is 23.4 Å². The summed E-state index contributed by atoms with van der Waals surface area (Å²) < 4.78 is 0. The molecule has 152 valence electrons. The summed E-state index contributed by atoms with van der Waals surface area (Å²) in [7, 11) is 0. The molecule has 29 heavy (non-hydrogen) atoms. The van der Waals surface area contributed by atoms with Gasteiger partial charge in [-0.3, -0.25) is 4.79 Å². The number of rotatable bonds is 4. The molecule has 1 heterocycles. The van der Waals surface area contributed by atoms with Gasteiger partial charge < -0.3 is 4.90 Å². The number of nitrogens with zero attached hydrogens (tertiary/aromatic N) is 1. The first kappa shape index (κ1) is 19.5. The number of halogens is 2. The van der Waals surface area contributed by atoms with E-state index >= 15 is 0 Å². The van der Waals surface area contributed by atoms with Crippen LogP contribution in [0.4, 0.5) is 0 Å². The summed E-state index contributed by atoms with van der Waals surface area (Å²) in [5.41, 5.74) is 3.92. The van der Waals surface area contributed by atoms with E-state index < -0.39 is 0 Å². The van der Waals surface area contributed by atoms with E-state index in [0.717, 1.165) is 46.1 Å². The quantitative estimate of drug-likeness (QED) is 0.526. The van der Waals surface area contributed by atoms with E-state index in [-0.39, 0.29) is 5.92 Å². The Kier molecular flexibility index (Phi) is 5.12. The summed E-state index contributed by atoms with van der Waals surface area (Å²) in [6.07, 6.45) is 9.58. The number of amides is 1. The van der Waals surface area contributed by atoms with Gasteiger partial charge in [0, 0.05) is 28.5 Å². The van der Waals surface area contributed by atoms with E-state index in [1.807, 2.05) is 30.3 Å². The van der Waals surface area contributed by atoms with E-state index in [9.17, 15) is 4.79 Å². The molecule has 2 aromatic rings. The third-order valence-corrected chi connectivity index (χ3v) is 8.07. The first-order valence-corrected chi connectivity index (χ1v) is 11.6. The van der Waals surface area contributed by atoms with Gasteiger partial charge in [0.1, 0.15) is 0 Å². The molecule has 2 saturated carbocycles. The number of likely N-dealkylation sites (tertiary alicyclic amines) is 1. The zero-order valence-corrected chi connectivity index (χ0v) is 18.2. The van der Waals surface area contributed by atoms with Crippen LogP contribution in [0.15, 0.2) is 42.5 Å². The van der Waals surface area contributed by atoms with E-state index in [1.165, 1.54) is 38.5 Å². The second-order valence-electron chi connectivity index (χ2n) is 9.27. The Morgan fingerprint density at radius 2 is 1.59 bits per heavy atom. The van der Waals surface area contributed by atoms with Gasteiger partial charge in [0.2, 0.25) is 5.91 Å². The van der Waals surface area contributed by atoms with Crippen molar-refractivity contribution in [3.8, 4) is 11.1 Å². The molecule has 3 fully saturated rings. The number of carbonyl (C=O) groups excluding carboxylic acids is 1. The normalized spacial score (nSPS) is 23.7. The van der Waals surface area contributed by atoms with E-state index in [2.05, 4.69) is 17.0 Å². The lowest BCUT2D eigenvalue weighted by atomic mass is 9.83. The topological polar surface area (TPSA) is 20.3 Å². The maximum atomic E-state index is 13.1. The Morgan fingerprint density at radius 3 is 2.24 bits per heavy atom. The van der Waals surface area contributed by atoms with Crippen molar-refractivity contribution in [2.24, 2.45) is 11.3 Å². The lowest BCUT2D eigenvalue weighted by Crippen LogP contribution is -2.40. The summed E-state index contributed by atoms with van der Waals surface area (Å²) in [4.78, 5) is 15.3. The lowest BCUT2D eigenvalue weighted by molar-refractivity contribution is -0.133. The maximum Gasteiger partial charge on any atom is 0.226 e. The minimum atomic E-state index is 0.0747. The highest BCUT2D eigenvalue weighted by molar-refractivity contribution is 6.31. The van der Waals surface area contributed by atoms with Crippen LogP contribution < -0.4 is 0 Å². The summed E-state index contributed by atoms with van der Waals surface area (Å²) in [5.74, 6) is 0.422. The third-order valence-electron chi connectivity index (χ3n) is 7.46. The minimum Gasteiger partial charge on any atom is -0.339 e. The van der Waals surface area contributed by atoms with Gasteiger partial charge in [-0.25, -0.2) is 0 Å². The Balaban J connectivity index is 1.24.